The zero-order valence-corrected chi connectivity index (χ0v) is 16.5. The lowest BCUT2D eigenvalue weighted by atomic mass is 9.95. The van der Waals surface area contributed by atoms with Crippen molar-refractivity contribution < 1.29 is 14.3 Å². The number of rotatable bonds is 5. The third kappa shape index (κ3) is 4.32. The molecule has 3 aliphatic rings. The zero-order chi connectivity index (χ0) is 19.3. The second-order valence-electron chi connectivity index (χ2n) is 8.21. The molecule has 0 aromatic heterocycles. The van der Waals surface area contributed by atoms with Crippen molar-refractivity contribution in [2.45, 2.75) is 50.6 Å². The highest BCUT2D eigenvalue weighted by atomic mass is 16.5. The number of carbonyl (C=O) groups is 2. The number of hydrogen-bond acceptors (Lipinski definition) is 4. The van der Waals surface area contributed by atoms with Gasteiger partial charge in [-0.25, -0.2) is 0 Å². The molecule has 152 valence electrons. The summed E-state index contributed by atoms with van der Waals surface area (Å²) in [6.07, 6.45) is 5.44. The van der Waals surface area contributed by atoms with Gasteiger partial charge >= 0.3 is 0 Å². The Hall–Kier alpha value is -2.08. The van der Waals surface area contributed by atoms with Gasteiger partial charge in [0.15, 0.2) is 0 Å². The van der Waals surface area contributed by atoms with E-state index in [1.807, 2.05) is 35.2 Å². The highest BCUT2D eigenvalue weighted by molar-refractivity contribution is 5.82. The summed E-state index contributed by atoms with van der Waals surface area (Å²) in [6, 6.07) is 10.3. The summed E-state index contributed by atoms with van der Waals surface area (Å²) in [6.45, 7) is 3.60. The molecule has 3 aliphatic heterocycles. The molecule has 0 saturated carbocycles. The van der Waals surface area contributed by atoms with Crippen LogP contribution in [0.15, 0.2) is 30.3 Å². The molecule has 0 radical (unpaired) electrons. The Labute approximate surface area is 167 Å². The molecule has 1 N–H and O–H groups in total. The van der Waals surface area contributed by atoms with E-state index in [2.05, 4.69) is 10.2 Å². The number of benzene rings is 1. The fourth-order valence-corrected chi connectivity index (χ4v) is 4.89. The van der Waals surface area contributed by atoms with E-state index >= 15 is 0 Å². The third-order valence-electron chi connectivity index (χ3n) is 6.36. The highest BCUT2D eigenvalue weighted by Crippen LogP contribution is 2.31. The third-order valence-corrected chi connectivity index (χ3v) is 6.36. The Morgan fingerprint density at radius 3 is 2.75 bits per heavy atom. The van der Waals surface area contributed by atoms with Crippen molar-refractivity contribution >= 4 is 11.8 Å². The SMILES string of the molecule is O=C(CCOc1ccccc1)N1CCCC(C(=O)N2C3CCNCC2CC3)C1. The Kier molecular flexibility index (Phi) is 6.15. The minimum atomic E-state index is -0.0473. The van der Waals surface area contributed by atoms with Crippen LogP contribution in [0.4, 0.5) is 0 Å². The maximum atomic E-state index is 13.3. The lowest BCUT2D eigenvalue weighted by molar-refractivity contribution is -0.143. The number of piperidine rings is 1. The molecule has 2 amide bonds. The molecule has 0 spiro atoms. The van der Waals surface area contributed by atoms with Gasteiger partial charge in [-0.2, -0.15) is 0 Å². The van der Waals surface area contributed by atoms with E-state index in [4.69, 9.17) is 4.74 Å². The van der Waals surface area contributed by atoms with E-state index in [0.29, 0.717) is 31.7 Å². The number of fused-ring (bicyclic) bond motifs is 2. The Bertz CT molecular complexity index is 667. The van der Waals surface area contributed by atoms with E-state index < -0.39 is 0 Å². The van der Waals surface area contributed by atoms with Gasteiger partial charge in [-0.05, 0) is 50.8 Å². The molecule has 3 atom stereocenters. The van der Waals surface area contributed by atoms with Gasteiger partial charge in [0.25, 0.3) is 0 Å². The number of nitrogens with zero attached hydrogens (tertiary/aromatic N) is 2. The summed E-state index contributed by atoms with van der Waals surface area (Å²) in [7, 11) is 0. The van der Waals surface area contributed by atoms with E-state index in [0.717, 1.165) is 57.5 Å². The average Bonchev–Trinajstić information content (AvgIpc) is 3.00. The average molecular weight is 386 g/mol. The largest absolute Gasteiger partial charge is 0.493 e. The lowest BCUT2D eigenvalue weighted by Gasteiger charge is -2.37. The van der Waals surface area contributed by atoms with Gasteiger partial charge in [0, 0.05) is 31.7 Å². The molecule has 3 saturated heterocycles. The van der Waals surface area contributed by atoms with Crippen LogP contribution >= 0.6 is 0 Å². The fraction of sp³-hybridized carbons (Fsp3) is 0.636. The second-order valence-corrected chi connectivity index (χ2v) is 8.21. The van der Waals surface area contributed by atoms with Gasteiger partial charge in [-0.15, -0.1) is 0 Å². The zero-order valence-electron chi connectivity index (χ0n) is 16.5. The topological polar surface area (TPSA) is 61.9 Å². The van der Waals surface area contributed by atoms with Gasteiger partial charge in [0.1, 0.15) is 5.75 Å². The van der Waals surface area contributed by atoms with Crippen LogP contribution in [0, 0.1) is 5.92 Å². The van der Waals surface area contributed by atoms with Crippen LogP contribution in [0.5, 0.6) is 5.75 Å². The van der Waals surface area contributed by atoms with Crippen molar-refractivity contribution in [3.63, 3.8) is 0 Å². The summed E-state index contributed by atoms with van der Waals surface area (Å²) in [5, 5.41) is 3.46. The van der Waals surface area contributed by atoms with E-state index in [1.165, 1.54) is 0 Å². The lowest BCUT2D eigenvalue weighted by Crippen LogP contribution is -2.50. The minimum Gasteiger partial charge on any atom is -0.493 e. The van der Waals surface area contributed by atoms with Crippen LogP contribution in [-0.2, 0) is 9.59 Å². The molecule has 3 heterocycles. The monoisotopic (exact) mass is 385 g/mol. The highest BCUT2D eigenvalue weighted by Gasteiger charge is 2.41. The summed E-state index contributed by atoms with van der Waals surface area (Å²) in [5.41, 5.74) is 0. The molecule has 3 unspecified atom stereocenters. The van der Waals surface area contributed by atoms with Gasteiger partial charge in [-0.3, -0.25) is 9.59 Å². The first-order valence-corrected chi connectivity index (χ1v) is 10.7. The van der Waals surface area contributed by atoms with Crippen molar-refractivity contribution in [3.05, 3.63) is 30.3 Å². The van der Waals surface area contributed by atoms with Crippen molar-refractivity contribution in [2.24, 2.45) is 5.92 Å². The molecule has 4 rings (SSSR count). The fourth-order valence-electron chi connectivity index (χ4n) is 4.89. The second kappa shape index (κ2) is 8.95. The number of ether oxygens (including phenoxy) is 1. The van der Waals surface area contributed by atoms with Crippen LogP contribution in [-0.4, -0.2) is 66.5 Å². The molecular weight excluding hydrogens is 354 g/mol. The molecule has 6 heteroatoms. The number of likely N-dealkylation sites (tertiary alicyclic amines) is 1. The van der Waals surface area contributed by atoms with Gasteiger partial charge in [0.2, 0.25) is 11.8 Å². The Morgan fingerprint density at radius 1 is 1.07 bits per heavy atom. The first-order chi connectivity index (χ1) is 13.7. The normalized spacial score (nSPS) is 27.4. The number of amides is 2. The van der Waals surface area contributed by atoms with Crippen LogP contribution < -0.4 is 10.1 Å². The quantitative estimate of drug-likeness (QED) is 0.843. The Balaban J connectivity index is 1.30. The first-order valence-electron chi connectivity index (χ1n) is 10.7. The molecule has 28 heavy (non-hydrogen) atoms. The van der Waals surface area contributed by atoms with E-state index in [1.54, 1.807) is 0 Å². The first kappa shape index (κ1) is 19.2. The molecule has 2 bridgehead atoms. The maximum absolute atomic E-state index is 13.3. The summed E-state index contributed by atoms with van der Waals surface area (Å²) in [4.78, 5) is 29.9. The number of para-hydroxylation sites is 1. The molecule has 1 aromatic rings. The van der Waals surface area contributed by atoms with Crippen molar-refractivity contribution in [3.8, 4) is 5.75 Å². The minimum absolute atomic E-state index is 0.0473. The number of nitrogens with one attached hydrogen (secondary N) is 1. The van der Waals surface area contributed by atoms with E-state index in [9.17, 15) is 9.59 Å². The van der Waals surface area contributed by atoms with E-state index in [-0.39, 0.29) is 17.7 Å². The summed E-state index contributed by atoms with van der Waals surface area (Å²) in [5.74, 6) is 1.10. The van der Waals surface area contributed by atoms with Crippen LogP contribution in [0.25, 0.3) is 0 Å². The Morgan fingerprint density at radius 2 is 1.89 bits per heavy atom. The van der Waals surface area contributed by atoms with Crippen molar-refractivity contribution in [2.75, 3.05) is 32.8 Å². The van der Waals surface area contributed by atoms with Gasteiger partial charge in [-0.1, -0.05) is 18.2 Å². The molecular formula is C22H31N3O3. The molecule has 3 fully saturated rings. The van der Waals surface area contributed by atoms with Crippen LogP contribution in [0.1, 0.15) is 38.5 Å². The molecule has 1 aromatic carbocycles. The predicted molar refractivity (Wildman–Crippen MR) is 107 cm³/mol. The summed E-state index contributed by atoms with van der Waals surface area (Å²) >= 11 is 0. The van der Waals surface area contributed by atoms with Crippen molar-refractivity contribution in [1.82, 2.24) is 15.1 Å². The smallest absolute Gasteiger partial charge is 0.228 e. The van der Waals surface area contributed by atoms with Crippen LogP contribution in [0.2, 0.25) is 0 Å². The number of hydrogen-bond donors (Lipinski definition) is 1. The van der Waals surface area contributed by atoms with Gasteiger partial charge < -0.3 is 19.9 Å². The predicted octanol–water partition coefficient (Wildman–Crippen LogP) is 2.05. The van der Waals surface area contributed by atoms with Gasteiger partial charge in [0.05, 0.1) is 18.9 Å². The number of carbonyl (C=O) groups excluding carboxylic acids is 2. The maximum Gasteiger partial charge on any atom is 0.228 e. The standard InChI is InChI=1S/C22H31N3O3/c26-21(11-14-28-20-6-2-1-3-7-20)24-13-4-5-17(16-24)22(27)25-18-8-9-19(25)15-23-12-10-18/h1-3,6-7,17-19,23H,4-5,8-16H2. The van der Waals surface area contributed by atoms with Crippen LogP contribution in [0.3, 0.4) is 0 Å². The molecule has 0 aliphatic carbocycles. The van der Waals surface area contributed by atoms with Crippen molar-refractivity contribution in [1.29, 1.82) is 0 Å². The molecule has 6 nitrogen and oxygen atoms in total. The summed E-state index contributed by atoms with van der Waals surface area (Å²) < 4.78 is 5.66.